The summed E-state index contributed by atoms with van der Waals surface area (Å²) in [6.45, 7) is 2.68. The van der Waals surface area contributed by atoms with E-state index in [1.165, 1.54) is 0 Å². The number of aliphatic hydroxyl groups excluding tert-OH is 1. The largest absolute Gasteiger partial charge is 0.416 e. The van der Waals surface area contributed by atoms with Crippen LogP contribution in [0, 0.1) is 0 Å². The third-order valence-corrected chi connectivity index (χ3v) is 2.25. The van der Waals surface area contributed by atoms with Crippen LogP contribution in [0.15, 0.2) is 36.4 Å². The van der Waals surface area contributed by atoms with Crippen LogP contribution >= 0.6 is 0 Å². The summed E-state index contributed by atoms with van der Waals surface area (Å²) in [7, 11) is 0. The number of hydrogen-bond donors (Lipinski definition) is 1. The standard InChI is InChI=1S/C11H8F6O/c1-6(10(12,13)14)9(18)7-2-4-8(5-3-7)11(15,16)17/h2-5,9,18H,1H2. The van der Waals surface area contributed by atoms with Crippen molar-refractivity contribution in [1.82, 2.24) is 0 Å². The van der Waals surface area contributed by atoms with Gasteiger partial charge in [-0.25, -0.2) is 0 Å². The van der Waals surface area contributed by atoms with Gasteiger partial charge < -0.3 is 5.11 Å². The fraction of sp³-hybridized carbons (Fsp3) is 0.273. The van der Waals surface area contributed by atoms with Crippen molar-refractivity contribution in [2.75, 3.05) is 0 Å². The van der Waals surface area contributed by atoms with Crippen molar-refractivity contribution >= 4 is 0 Å². The van der Waals surface area contributed by atoms with Gasteiger partial charge >= 0.3 is 12.4 Å². The van der Waals surface area contributed by atoms with Crippen LogP contribution < -0.4 is 0 Å². The predicted octanol–water partition coefficient (Wildman–Crippen LogP) is 3.86. The van der Waals surface area contributed by atoms with Gasteiger partial charge in [-0.05, 0) is 17.7 Å². The van der Waals surface area contributed by atoms with E-state index in [1.807, 2.05) is 0 Å². The number of hydrogen-bond acceptors (Lipinski definition) is 1. The summed E-state index contributed by atoms with van der Waals surface area (Å²) >= 11 is 0. The van der Waals surface area contributed by atoms with Crippen LogP contribution in [0.4, 0.5) is 26.3 Å². The van der Waals surface area contributed by atoms with Gasteiger partial charge in [0, 0.05) is 0 Å². The second-order valence-electron chi connectivity index (χ2n) is 3.55. The fourth-order valence-electron chi connectivity index (χ4n) is 1.21. The molecule has 1 unspecified atom stereocenters. The second-order valence-corrected chi connectivity index (χ2v) is 3.55. The summed E-state index contributed by atoms with van der Waals surface area (Å²) in [4.78, 5) is 0. The highest BCUT2D eigenvalue weighted by Crippen LogP contribution is 2.35. The molecule has 0 radical (unpaired) electrons. The Morgan fingerprint density at radius 2 is 1.44 bits per heavy atom. The van der Waals surface area contributed by atoms with Crippen LogP contribution in [0.3, 0.4) is 0 Å². The summed E-state index contributed by atoms with van der Waals surface area (Å²) in [6.07, 6.45) is -11.5. The predicted molar refractivity (Wildman–Crippen MR) is 51.6 cm³/mol. The Hall–Kier alpha value is -1.50. The molecule has 0 amide bonds. The molecule has 0 aliphatic heterocycles. The Labute approximate surface area is 98.4 Å². The number of rotatable bonds is 2. The molecule has 1 atom stereocenters. The first-order valence-corrected chi connectivity index (χ1v) is 4.64. The fourth-order valence-corrected chi connectivity index (χ4v) is 1.21. The molecule has 7 heteroatoms. The second kappa shape index (κ2) is 4.64. The van der Waals surface area contributed by atoms with Crippen LogP contribution in [0.1, 0.15) is 17.2 Å². The highest BCUT2D eigenvalue weighted by molar-refractivity contribution is 5.30. The average molecular weight is 270 g/mol. The van der Waals surface area contributed by atoms with E-state index in [1.54, 1.807) is 0 Å². The van der Waals surface area contributed by atoms with Gasteiger partial charge in [0.15, 0.2) is 0 Å². The van der Waals surface area contributed by atoms with E-state index in [2.05, 4.69) is 6.58 Å². The lowest BCUT2D eigenvalue weighted by molar-refractivity contribution is -0.137. The van der Waals surface area contributed by atoms with Gasteiger partial charge in [-0.3, -0.25) is 0 Å². The lowest BCUT2D eigenvalue weighted by atomic mass is 10.0. The zero-order chi connectivity index (χ0) is 14.1. The van der Waals surface area contributed by atoms with Gasteiger partial charge in [-0.1, -0.05) is 18.7 Å². The van der Waals surface area contributed by atoms with Crippen LogP contribution in [0.25, 0.3) is 0 Å². The first kappa shape index (κ1) is 14.6. The van der Waals surface area contributed by atoms with Crippen molar-refractivity contribution in [3.05, 3.63) is 47.5 Å². The highest BCUT2D eigenvalue weighted by atomic mass is 19.4. The van der Waals surface area contributed by atoms with E-state index in [9.17, 15) is 31.4 Å². The van der Waals surface area contributed by atoms with E-state index in [0.29, 0.717) is 12.1 Å². The molecule has 0 aliphatic rings. The Morgan fingerprint density at radius 1 is 1.00 bits per heavy atom. The molecule has 0 bridgehead atoms. The first-order chi connectivity index (χ1) is 8.03. The number of halogens is 6. The van der Waals surface area contributed by atoms with E-state index < -0.39 is 29.6 Å². The molecular formula is C11H8F6O. The highest BCUT2D eigenvalue weighted by Gasteiger charge is 2.37. The Morgan fingerprint density at radius 3 is 1.78 bits per heavy atom. The zero-order valence-electron chi connectivity index (χ0n) is 8.81. The summed E-state index contributed by atoms with van der Waals surface area (Å²) < 4.78 is 73.3. The van der Waals surface area contributed by atoms with Crippen molar-refractivity contribution in [2.45, 2.75) is 18.5 Å². The van der Waals surface area contributed by atoms with E-state index in [0.717, 1.165) is 12.1 Å². The molecule has 1 N–H and O–H groups in total. The Kier molecular flexibility index (Phi) is 3.75. The third kappa shape index (κ3) is 3.25. The summed E-state index contributed by atoms with van der Waals surface area (Å²) in [6, 6.07) is 2.76. The van der Waals surface area contributed by atoms with Crippen LogP contribution in [0.2, 0.25) is 0 Å². The third-order valence-electron chi connectivity index (χ3n) is 2.25. The smallest absolute Gasteiger partial charge is 0.384 e. The first-order valence-electron chi connectivity index (χ1n) is 4.64. The molecular weight excluding hydrogens is 262 g/mol. The number of benzene rings is 1. The lowest BCUT2D eigenvalue weighted by Crippen LogP contribution is -2.17. The molecule has 0 fully saturated rings. The Balaban J connectivity index is 2.96. The molecule has 1 aromatic rings. The maximum absolute atomic E-state index is 12.2. The van der Waals surface area contributed by atoms with Crippen LogP contribution in [-0.2, 0) is 6.18 Å². The molecule has 0 aliphatic carbocycles. The van der Waals surface area contributed by atoms with Gasteiger partial charge in [0.25, 0.3) is 0 Å². The molecule has 100 valence electrons. The van der Waals surface area contributed by atoms with Crippen molar-refractivity contribution in [2.24, 2.45) is 0 Å². The molecule has 0 spiro atoms. The minimum absolute atomic E-state index is 0.301. The molecule has 0 saturated heterocycles. The molecule has 0 aromatic heterocycles. The van der Waals surface area contributed by atoms with E-state index in [-0.39, 0.29) is 5.56 Å². The van der Waals surface area contributed by atoms with Crippen molar-refractivity contribution in [3.63, 3.8) is 0 Å². The van der Waals surface area contributed by atoms with Crippen molar-refractivity contribution in [1.29, 1.82) is 0 Å². The number of alkyl halides is 6. The molecule has 18 heavy (non-hydrogen) atoms. The lowest BCUT2D eigenvalue weighted by Gasteiger charge is -2.17. The van der Waals surface area contributed by atoms with Crippen molar-refractivity contribution in [3.8, 4) is 0 Å². The zero-order valence-corrected chi connectivity index (χ0v) is 8.81. The van der Waals surface area contributed by atoms with Gasteiger partial charge in [0.1, 0.15) is 6.10 Å². The monoisotopic (exact) mass is 270 g/mol. The van der Waals surface area contributed by atoms with Crippen LogP contribution in [0.5, 0.6) is 0 Å². The maximum Gasteiger partial charge on any atom is 0.416 e. The van der Waals surface area contributed by atoms with E-state index in [4.69, 9.17) is 0 Å². The Bertz CT molecular complexity index is 428. The van der Waals surface area contributed by atoms with Gasteiger partial charge in [-0.15, -0.1) is 0 Å². The molecule has 1 rings (SSSR count). The van der Waals surface area contributed by atoms with Gasteiger partial charge in [0.2, 0.25) is 0 Å². The van der Waals surface area contributed by atoms with Crippen molar-refractivity contribution < 1.29 is 31.4 Å². The maximum atomic E-state index is 12.2. The minimum atomic E-state index is -4.80. The molecule has 0 heterocycles. The molecule has 1 aromatic carbocycles. The summed E-state index contributed by atoms with van der Waals surface area (Å²) in [5, 5.41) is 9.32. The van der Waals surface area contributed by atoms with Crippen LogP contribution in [-0.4, -0.2) is 11.3 Å². The SMILES string of the molecule is C=C(C(O)c1ccc(C(F)(F)F)cc1)C(F)(F)F. The number of aliphatic hydroxyl groups is 1. The normalized spacial score (nSPS) is 14.4. The van der Waals surface area contributed by atoms with E-state index >= 15 is 0 Å². The average Bonchev–Trinajstić information content (AvgIpc) is 2.25. The molecule has 0 saturated carbocycles. The van der Waals surface area contributed by atoms with Gasteiger partial charge in [-0.2, -0.15) is 26.3 Å². The van der Waals surface area contributed by atoms with Gasteiger partial charge in [0.05, 0.1) is 11.1 Å². The topological polar surface area (TPSA) is 20.2 Å². The quantitative estimate of drug-likeness (QED) is 0.639. The summed E-state index contributed by atoms with van der Waals surface area (Å²) in [5.41, 5.74) is -2.73. The molecule has 1 nitrogen and oxygen atoms in total. The minimum Gasteiger partial charge on any atom is -0.384 e. The summed E-state index contributed by atoms with van der Waals surface area (Å²) in [5.74, 6) is 0.